The fourth-order valence-corrected chi connectivity index (χ4v) is 4.10. The van der Waals surface area contributed by atoms with Gasteiger partial charge in [0.15, 0.2) is 0 Å². The number of aromatic nitrogens is 1. The standard InChI is InChI=1S/C19H23N5OS/c1-19(2,20)15-6-5-14-16(26-15)18(24-8-10-25-11-9-24)23-17(22-14)13-4-3-7-21-12-13/h3-7,12H,8-11,20H2,1-2H3,(H,22,23). The van der Waals surface area contributed by atoms with Crippen molar-refractivity contribution in [3.05, 3.63) is 63.6 Å². The molecule has 0 unspecified atom stereocenters. The molecular weight excluding hydrogens is 346 g/mol. The topological polar surface area (TPSA) is 75.8 Å². The van der Waals surface area contributed by atoms with Gasteiger partial charge in [-0.3, -0.25) is 4.98 Å². The van der Waals surface area contributed by atoms with Crippen molar-refractivity contribution >= 4 is 17.6 Å². The van der Waals surface area contributed by atoms with Gasteiger partial charge in [0.1, 0.15) is 11.7 Å². The van der Waals surface area contributed by atoms with Crippen molar-refractivity contribution in [1.82, 2.24) is 15.2 Å². The monoisotopic (exact) mass is 369 g/mol. The average molecular weight is 369 g/mol. The van der Waals surface area contributed by atoms with Gasteiger partial charge in [-0.15, -0.1) is 0 Å². The Bertz CT molecular complexity index is 814. The van der Waals surface area contributed by atoms with E-state index >= 15 is 0 Å². The van der Waals surface area contributed by atoms with Crippen molar-refractivity contribution in [3.8, 4) is 0 Å². The minimum Gasteiger partial charge on any atom is -0.378 e. The molecular formula is C19H23N5OS. The van der Waals surface area contributed by atoms with Crippen molar-refractivity contribution < 1.29 is 4.74 Å². The molecule has 6 nitrogen and oxygen atoms in total. The lowest BCUT2D eigenvalue weighted by Gasteiger charge is -2.36. The van der Waals surface area contributed by atoms with E-state index in [0.29, 0.717) is 0 Å². The van der Waals surface area contributed by atoms with E-state index in [9.17, 15) is 0 Å². The molecule has 0 radical (unpaired) electrons. The van der Waals surface area contributed by atoms with E-state index in [-0.39, 0.29) is 5.54 Å². The minimum atomic E-state index is -0.386. The third-order valence-electron chi connectivity index (χ3n) is 4.41. The van der Waals surface area contributed by atoms with Crippen LogP contribution >= 0.6 is 11.8 Å². The average Bonchev–Trinajstić information content (AvgIpc) is 2.67. The third kappa shape index (κ3) is 3.42. The van der Waals surface area contributed by atoms with Crippen molar-refractivity contribution in [1.29, 1.82) is 0 Å². The predicted octanol–water partition coefficient (Wildman–Crippen LogP) is 2.18. The Morgan fingerprint density at radius 2 is 2.08 bits per heavy atom. The number of hydrogen-bond acceptors (Lipinski definition) is 7. The van der Waals surface area contributed by atoms with E-state index in [1.807, 2.05) is 32.2 Å². The first kappa shape index (κ1) is 17.3. The van der Waals surface area contributed by atoms with Crippen LogP contribution < -0.4 is 11.1 Å². The van der Waals surface area contributed by atoms with Crippen LogP contribution in [0.1, 0.15) is 19.4 Å². The van der Waals surface area contributed by atoms with E-state index < -0.39 is 0 Å². The number of rotatable bonds is 3. The Balaban J connectivity index is 1.77. The number of morpholine rings is 1. The van der Waals surface area contributed by atoms with Gasteiger partial charge in [-0.25, -0.2) is 4.99 Å². The summed E-state index contributed by atoms with van der Waals surface area (Å²) >= 11 is 1.70. The van der Waals surface area contributed by atoms with Crippen LogP contribution in [0.15, 0.2) is 63.0 Å². The number of aliphatic imine (C=N–C) groups is 1. The van der Waals surface area contributed by atoms with Crippen LogP contribution in [0.2, 0.25) is 0 Å². The smallest absolute Gasteiger partial charge is 0.147 e. The van der Waals surface area contributed by atoms with Gasteiger partial charge < -0.3 is 20.7 Å². The number of nitrogens with zero attached hydrogens (tertiary/aromatic N) is 3. The fourth-order valence-electron chi connectivity index (χ4n) is 2.99. The summed E-state index contributed by atoms with van der Waals surface area (Å²) in [6, 6.07) is 3.94. The summed E-state index contributed by atoms with van der Waals surface area (Å²) in [7, 11) is 0. The molecule has 0 amide bonds. The van der Waals surface area contributed by atoms with Crippen LogP contribution in [-0.2, 0) is 4.74 Å². The van der Waals surface area contributed by atoms with Crippen LogP contribution in [0.5, 0.6) is 0 Å². The van der Waals surface area contributed by atoms with E-state index in [2.05, 4.69) is 27.4 Å². The zero-order chi connectivity index (χ0) is 18.1. The maximum Gasteiger partial charge on any atom is 0.147 e. The Hall–Kier alpha value is -2.09. The first-order valence-corrected chi connectivity index (χ1v) is 9.57. The molecule has 0 saturated carbocycles. The molecule has 1 saturated heterocycles. The molecule has 1 fully saturated rings. The molecule has 0 bridgehead atoms. The highest BCUT2D eigenvalue weighted by Gasteiger charge is 2.31. The zero-order valence-corrected chi connectivity index (χ0v) is 15.8. The number of amidine groups is 1. The van der Waals surface area contributed by atoms with Crippen molar-refractivity contribution in [3.63, 3.8) is 0 Å². The fraction of sp³-hybridized carbons (Fsp3) is 0.368. The number of fused-ring (bicyclic) bond motifs is 1. The maximum atomic E-state index is 6.34. The normalized spacial score (nSPS) is 20.7. The molecule has 0 aliphatic carbocycles. The quantitative estimate of drug-likeness (QED) is 0.851. The van der Waals surface area contributed by atoms with Crippen molar-refractivity contribution in [2.24, 2.45) is 10.7 Å². The number of nitrogens with one attached hydrogen (secondary N) is 1. The lowest BCUT2D eigenvalue weighted by Crippen LogP contribution is -2.40. The summed E-state index contributed by atoms with van der Waals surface area (Å²) in [6.45, 7) is 7.16. The van der Waals surface area contributed by atoms with Crippen molar-refractivity contribution in [2.75, 3.05) is 26.3 Å². The molecule has 3 N–H and O–H groups in total. The largest absolute Gasteiger partial charge is 0.378 e. The number of pyridine rings is 1. The summed E-state index contributed by atoms with van der Waals surface area (Å²) in [4.78, 5) is 13.7. The molecule has 136 valence electrons. The Kier molecular flexibility index (Phi) is 4.60. The molecule has 1 aromatic heterocycles. The van der Waals surface area contributed by atoms with Gasteiger partial charge in [0.25, 0.3) is 0 Å². The van der Waals surface area contributed by atoms with Crippen molar-refractivity contribution in [2.45, 2.75) is 19.4 Å². The third-order valence-corrected chi connectivity index (χ3v) is 5.90. The van der Waals surface area contributed by atoms with Crippen LogP contribution in [0, 0.1) is 0 Å². The molecule has 0 atom stereocenters. The lowest BCUT2D eigenvalue weighted by atomic mass is 10.1. The molecule has 3 aliphatic heterocycles. The van der Waals surface area contributed by atoms with E-state index in [4.69, 9.17) is 15.5 Å². The second-order valence-electron chi connectivity index (χ2n) is 7.01. The molecule has 26 heavy (non-hydrogen) atoms. The number of allylic oxidation sites excluding steroid dienone is 2. The van der Waals surface area contributed by atoms with Gasteiger partial charge in [0.2, 0.25) is 0 Å². The van der Waals surface area contributed by atoms with E-state index in [1.165, 1.54) is 0 Å². The number of hydrogen-bond donors (Lipinski definition) is 2. The summed E-state index contributed by atoms with van der Waals surface area (Å²) < 4.78 is 5.52. The highest BCUT2D eigenvalue weighted by molar-refractivity contribution is 8.07. The first-order chi connectivity index (χ1) is 12.5. The summed E-state index contributed by atoms with van der Waals surface area (Å²) in [6.07, 6.45) is 7.79. The van der Waals surface area contributed by atoms with E-state index in [1.54, 1.807) is 18.0 Å². The lowest BCUT2D eigenvalue weighted by molar-refractivity contribution is 0.0529. The van der Waals surface area contributed by atoms with Crippen LogP contribution in [0.25, 0.3) is 0 Å². The first-order valence-electron chi connectivity index (χ1n) is 8.75. The second kappa shape index (κ2) is 6.90. The van der Waals surface area contributed by atoms with Crippen LogP contribution in [0.3, 0.4) is 0 Å². The molecule has 0 aromatic carbocycles. The predicted molar refractivity (Wildman–Crippen MR) is 105 cm³/mol. The Morgan fingerprint density at radius 1 is 1.27 bits per heavy atom. The van der Waals surface area contributed by atoms with Gasteiger partial charge in [0.05, 0.1) is 23.8 Å². The summed E-state index contributed by atoms with van der Waals surface area (Å²) in [5.41, 5.74) is 7.97. The number of ether oxygens (including phenoxy) is 1. The second-order valence-corrected chi connectivity index (χ2v) is 8.07. The minimum absolute atomic E-state index is 0.386. The van der Waals surface area contributed by atoms with Gasteiger partial charge in [0, 0.05) is 41.5 Å². The van der Waals surface area contributed by atoms with Gasteiger partial charge >= 0.3 is 0 Å². The molecule has 1 aromatic rings. The molecule has 0 spiro atoms. The molecule has 3 aliphatic rings. The molecule has 7 heteroatoms. The Labute approximate surface area is 157 Å². The van der Waals surface area contributed by atoms with Gasteiger partial charge in [-0.05, 0) is 38.1 Å². The molecule has 4 heterocycles. The summed E-state index contributed by atoms with van der Waals surface area (Å²) in [5, 5.41) is 3.46. The summed E-state index contributed by atoms with van der Waals surface area (Å²) in [5.74, 6) is 1.80. The van der Waals surface area contributed by atoms with Crippen LogP contribution in [-0.4, -0.2) is 47.6 Å². The number of thioether (sulfide) groups is 1. The molecule has 4 rings (SSSR count). The SMILES string of the molecule is CC(C)(N)C1=CC=C2NC(c3cccnc3)=NC(N3CCOCC3)=C2S1. The number of nitrogens with two attached hydrogens (primary N) is 1. The Morgan fingerprint density at radius 3 is 2.77 bits per heavy atom. The van der Waals surface area contributed by atoms with E-state index in [0.717, 1.165) is 59.0 Å². The highest BCUT2D eigenvalue weighted by Crippen LogP contribution is 2.42. The highest BCUT2D eigenvalue weighted by atomic mass is 32.2. The zero-order valence-electron chi connectivity index (χ0n) is 15.0. The van der Waals surface area contributed by atoms with Crippen LogP contribution in [0.4, 0.5) is 0 Å². The van der Waals surface area contributed by atoms with Gasteiger partial charge in [-0.2, -0.15) is 0 Å². The maximum absolute atomic E-state index is 6.34. The van der Waals surface area contributed by atoms with Gasteiger partial charge in [-0.1, -0.05) is 11.8 Å².